The van der Waals surface area contributed by atoms with Crippen LogP contribution in [0.2, 0.25) is 0 Å². The Kier molecular flexibility index (Phi) is 10.1. The molecule has 234 valence electrons. The van der Waals surface area contributed by atoms with Crippen molar-refractivity contribution in [2.24, 2.45) is 20.8 Å². The van der Waals surface area contributed by atoms with E-state index in [2.05, 4.69) is 0 Å². The van der Waals surface area contributed by atoms with Gasteiger partial charge in [0.05, 0.1) is 48.2 Å². The fourth-order valence-electron chi connectivity index (χ4n) is 5.96. The molecule has 2 N–H and O–H groups in total. The van der Waals surface area contributed by atoms with Crippen LogP contribution in [0.5, 0.6) is 11.5 Å². The van der Waals surface area contributed by atoms with Crippen molar-refractivity contribution in [3.05, 3.63) is 71.2 Å². The summed E-state index contributed by atoms with van der Waals surface area (Å²) in [5.41, 5.74) is 2.25. The summed E-state index contributed by atoms with van der Waals surface area (Å²) in [5, 5.41) is 22.0. The van der Waals surface area contributed by atoms with Gasteiger partial charge in [-0.3, -0.25) is 19.6 Å². The number of unbranched alkanes of at least 4 members (excludes halogenated alkanes) is 1. The fourth-order valence-corrected chi connectivity index (χ4v) is 5.96. The average Bonchev–Trinajstić information content (AvgIpc) is 2.93. The number of aliphatic hydroxyl groups is 2. The summed E-state index contributed by atoms with van der Waals surface area (Å²) in [5.74, 6) is 1.19. The number of aliphatic hydroxyl groups excluding tert-OH is 2. The van der Waals surface area contributed by atoms with Gasteiger partial charge in [0, 0.05) is 37.8 Å². The maximum Gasteiger partial charge on any atom is 0.168 e. The SMILES string of the molecule is COc1cccc(N=C(CCCCC(=Nc2cccc(OC)c2)C2=C(O)CC(C)(C)CC2=O)C2=C(O)CC(C)(C)CC2=O)c1. The van der Waals surface area contributed by atoms with E-state index in [1.165, 1.54) is 0 Å². The summed E-state index contributed by atoms with van der Waals surface area (Å²) in [7, 11) is 3.17. The molecule has 0 heterocycles. The molecule has 0 radical (unpaired) electrons. The zero-order chi connectivity index (χ0) is 32.1. The van der Waals surface area contributed by atoms with Crippen molar-refractivity contribution in [3.8, 4) is 11.5 Å². The van der Waals surface area contributed by atoms with E-state index in [0.717, 1.165) is 0 Å². The van der Waals surface area contributed by atoms with Crippen LogP contribution in [0.3, 0.4) is 0 Å². The van der Waals surface area contributed by atoms with Crippen molar-refractivity contribution < 1.29 is 29.3 Å². The second-order valence-electron chi connectivity index (χ2n) is 13.3. The Hall–Kier alpha value is -4.20. The molecule has 0 aliphatic heterocycles. The number of aliphatic imine (C=N–C) groups is 2. The summed E-state index contributed by atoms with van der Waals surface area (Å²) in [6.07, 6.45) is 3.53. The molecule has 8 heteroatoms. The lowest BCUT2D eigenvalue weighted by Crippen LogP contribution is -2.29. The molecule has 44 heavy (non-hydrogen) atoms. The van der Waals surface area contributed by atoms with Gasteiger partial charge in [-0.1, -0.05) is 39.8 Å². The van der Waals surface area contributed by atoms with Gasteiger partial charge in [0.2, 0.25) is 0 Å². The lowest BCUT2D eigenvalue weighted by Gasteiger charge is -2.30. The molecule has 0 saturated heterocycles. The highest BCUT2D eigenvalue weighted by Gasteiger charge is 2.36. The number of hydrogen-bond acceptors (Lipinski definition) is 8. The normalized spacial score (nSPS) is 19.0. The smallest absolute Gasteiger partial charge is 0.168 e. The molecule has 8 nitrogen and oxygen atoms in total. The van der Waals surface area contributed by atoms with Crippen molar-refractivity contribution in [1.82, 2.24) is 0 Å². The molecule has 0 aromatic heterocycles. The van der Waals surface area contributed by atoms with Gasteiger partial charge < -0.3 is 19.7 Å². The third-order valence-corrected chi connectivity index (χ3v) is 7.99. The van der Waals surface area contributed by atoms with Gasteiger partial charge in [0.15, 0.2) is 11.6 Å². The number of methoxy groups -OCH3 is 2. The van der Waals surface area contributed by atoms with E-state index in [9.17, 15) is 19.8 Å². The molecule has 0 amide bonds. The summed E-state index contributed by atoms with van der Waals surface area (Å²) in [6, 6.07) is 14.6. The minimum Gasteiger partial charge on any atom is -0.511 e. The number of Topliss-reactive ketones (excluding diaryl/α,β-unsaturated/α-hetero) is 2. The van der Waals surface area contributed by atoms with Gasteiger partial charge in [-0.15, -0.1) is 0 Å². The van der Waals surface area contributed by atoms with Crippen LogP contribution in [-0.2, 0) is 9.59 Å². The van der Waals surface area contributed by atoms with E-state index in [-0.39, 0.29) is 33.9 Å². The quantitative estimate of drug-likeness (QED) is 0.197. The van der Waals surface area contributed by atoms with Gasteiger partial charge in [0.25, 0.3) is 0 Å². The monoisotopic (exact) mass is 600 g/mol. The highest BCUT2D eigenvalue weighted by molar-refractivity contribution is 6.24. The van der Waals surface area contributed by atoms with E-state index in [1.807, 2.05) is 64.1 Å². The van der Waals surface area contributed by atoms with Crippen molar-refractivity contribution in [2.75, 3.05) is 14.2 Å². The third kappa shape index (κ3) is 8.24. The summed E-state index contributed by atoms with van der Waals surface area (Å²) < 4.78 is 10.7. The number of allylic oxidation sites excluding steroid dienone is 4. The number of carbonyl (C=O) groups is 2. The van der Waals surface area contributed by atoms with Crippen LogP contribution in [0.25, 0.3) is 0 Å². The standard InChI is InChI=1S/C36H44N2O6/c1-35(2)19-29(39)33(30(40)20-35)27(37-23-11-9-13-25(17-23)43-5)15-7-8-16-28(38-24-12-10-14-26(18-24)44-6)34-31(41)21-36(3,4)22-32(34)42/h9-14,17-18,39,41H,7-8,15-16,19-22H2,1-6H3. The van der Waals surface area contributed by atoms with Crippen LogP contribution in [0.1, 0.15) is 79.1 Å². The summed E-state index contributed by atoms with van der Waals surface area (Å²) >= 11 is 0. The molecule has 2 aromatic carbocycles. The first-order valence-corrected chi connectivity index (χ1v) is 15.2. The van der Waals surface area contributed by atoms with E-state index in [0.29, 0.717) is 96.8 Å². The molecule has 2 aliphatic carbocycles. The van der Waals surface area contributed by atoms with Crippen LogP contribution >= 0.6 is 0 Å². The minimum absolute atomic E-state index is 0.0682. The topological polar surface area (TPSA) is 118 Å². The van der Waals surface area contributed by atoms with Crippen molar-refractivity contribution in [2.45, 2.75) is 79.1 Å². The number of ketones is 2. The first kappa shape index (κ1) is 32.7. The van der Waals surface area contributed by atoms with E-state index in [1.54, 1.807) is 26.4 Å². The molecule has 2 aromatic rings. The number of rotatable bonds is 11. The molecule has 2 aliphatic rings. The van der Waals surface area contributed by atoms with Crippen molar-refractivity contribution in [1.29, 1.82) is 0 Å². The molecule has 0 atom stereocenters. The predicted molar refractivity (Wildman–Crippen MR) is 174 cm³/mol. The van der Waals surface area contributed by atoms with Gasteiger partial charge in [0.1, 0.15) is 23.0 Å². The molecular formula is C36H44N2O6. The largest absolute Gasteiger partial charge is 0.511 e. The molecular weight excluding hydrogens is 556 g/mol. The van der Waals surface area contributed by atoms with E-state index >= 15 is 0 Å². The molecule has 0 saturated carbocycles. The Labute approximate surface area is 260 Å². The second kappa shape index (κ2) is 13.6. The zero-order valence-corrected chi connectivity index (χ0v) is 26.7. The Bertz CT molecular complexity index is 1430. The Morgan fingerprint density at radius 2 is 1.07 bits per heavy atom. The van der Waals surface area contributed by atoms with Gasteiger partial charge >= 0.3 is 0 Å². The van der Waals surface area contributed by atoms with Crippen LogP contribution in [0.15, 0.2) is 81.2 Å². The molecule has 0 fully saturated rings. The Morgan fingerprint density at radius 3 is 1.41 bits per heavy atom. The molecule has 0 spiro atoms. The van der Waals surface area contributed by atoms with Gasteiger partial charge in [-0.25, -0.2) is 0 Å². The molecule has 0 bridgehead atoms. The Morgan fingerprint density at radius 1 is 0.682 bits per heavy atom. The van der Waals surface area contributed by atoms with E-state index < -0.39 is 0 Å². The van der Waals surface area contributed by atoms with Crippen LogP contribution < -0.4 is 9.47 Å². The zero-order valence-electron chi connectivity index (χ0n) is 26.7. The van der Waals surface area contributed by atoms with Crippen LogP contribution in [-0.4, -0.2) is 47.4 Å². The number of carbonyl (C=O) groups excluding carboxylic acids is 2. The summed E-state index contributed by atoms with van der Waals surface area (Å²) in [6.45, 7) is 7.88. The maximum absolute atomic E-state index is 13.3. The third-order valence-electron chi connectivity index (χ3n) is 7.99. The maximum atomic E-state index is 13.3. The molecule has 0 unspecified atom stereocenters. The van der Waals surface area contributed by atoms with Gasteiger partial charge in [-0.2, -0.15) is 0 Å². The number of nitrogens with zero attached hydrogens (tertiary/aromatic N) is 2. The first-order valence-electron chi connectivity index (χ1n) is 15.2. The first-order chi connectivity index (χ1) is 20.8. The molecule has 4 rings (SSSR count). The number of benzene rings is 2. The highest BCUT2D eigenvalue weighted by atomic mass is 16.5. The highest BCUT2D eigenvalue weighted by Crippen LogP contribution is 2.39. The van der Waals surface area contributed by atoms with E-state index in [4.69, 9.17) is 19.5 Å². The minimum atomic E-state index is -0.325. The number of ether oxygens (including phenoxy) is 2. The summed E-state index contributed by atoms with van der Waals surface area (Å²) in [4.78, 5) is 36.2. The van der Waals surface area contributed by atoms with Crippen molar-refractivity contribution >= 4 is 34.4 Å². The van der Waals surface area contributed by atoms with Crippen LogP contribution in [0.4, 0.5) is 11.4 Å². The lowest BCUT2D eigenvalue weighted by atomic mass is 9.75. The van der Waals surface area contributed by atoms with Crippen LogP contribution in [0, 0.1) is 10.8 Å². The van der Waals surface area contributed by atoms with Crippen molar-refractivity contribution in [3.63, 3.8) is 0 Å². The fraction of sp³-hybridized carbons (Fsp3) is 0.444. The number of hydrogen-bond donors (Lipinski definition) is 2. The average molecular weight is 601 g/mol. The Balaban J connectivity index is 1.63. The predicted octanol–water partition coefficient (Wildman–Crippen LogP) is 8.51. The lowest BCUT2D eigenvalue weighted by molar-refractivity contribution is -0.118. The second-order valence-corrected chi connectivity index (χ2v) is 13.3. The van der Waals surface area contributed by atoms with Gasteiger partial charge in [-0.05, 0) is 60.8 Å².